The van der Waals surface area contributed by atoms with Gasteiger partial charge in [0.05, 0.1) is 0 Å². The van der Waals surface area contributed by atoms with Gasteiger partial charge in [-0.25, -0.2) is 4.72 Å². The van der Waals surface area contributed by atoms with Crippen LogP contribution in [-0.4, -0.2) is 43.4 Å². The Labute approximate surface area is 115 Å². The van der Waals surface area contributed by atoms with Crippen LogP contribution in [0.4, 0.5) is 0 Å². The molecule has 2 atom stereocenters. The van der Waals surface area contributed by atoms with Crippen LogP contribution in [0.25, 0.3) is 0 Å². The summed E-state index contributed by atoms with van der Waals surface area (Å²) in [5.41, 5.74) is 0. The van der Waals surface area contributed by atoms with E-state index in [0.29, 0.717) is 19.6 Å². The van der Waals surface area contributed by atoms with Crippen molar-refractivity contribution in [3.63, 3.8) is 0 Å². The second-order valence-electron chi connectivity index (χ2n) is 5.23. The maximum atomic E-state index is 12.0. The van der Waals surface area contributed by atoms with Crippen molar-refractivity contribution >= 4 is 16.2 Å². The Morgan fingerprint density at radius 1 is 1.53 bits per heavy atom. The molecule has 19 heavy (non-hydrogen) atoms. The van der Waals surface area contributed by atoms with Gasteiger partial charge >= 0.3 is 5.97 Å². The van der Waals surface area contributed by atoms with Gasteiger partial charge in [-0.05, 0) is 31.1 Å². The SMILES string of the molecule is CCCNS(=O)(=O)N1CCCC(C(C)CC(=O)O)C1. The molecule has 0 bridgehead atoms. The molecule has 0 amide bonds. The van der Waals surface area contributed by atoms with E-state index < -0.39 is 16.2 Å². The van der Waals surface area contributed by atoms with Gasteiger partial charge < -0.3 is 5.11 Å². The smallest absolute Gasteiger partial charge is 0.303 e. The van der Waals surface area contributed by atoms with Crippen molar-refractivity contribution in [1.82, 2.24) is 9.03 Å². The Balaban J connectivity index is 2.61. The number of hydrogen-bond donors (Lipinski definition) is 2. The second kappa shape index (κ2) is 7.21. The number of piperidine rings is 1. The number of carbonyl (C=O) groups is 1. The van der Waals surface area contributed by atoms with Gasteiger partial charge in [0.25, 0.3) is 10.2 Å². The Morgan fingerprint density at radius 3 is 2.79 bits per heavy atom. The van der Waals surface area contributed by atoms with Crippen molar-refractivity contribution in [2.75, 3.05) is 19.6 Å². The van der Waals surface area contributed by atoms with Crippen LogP contribution in [0, 0.1) is 11.8 Å². The number of rotatable bonds is 7. The highest BCUT2D eigenvalue weighted by atomic mass is 32.2. The minimum Gasteiger partial charge on any atom is -0.481 e. The predicted octanol–water partition coefficient (Wildman–Crippen LogP) is 1.05. The van der Waals surface area contributed by atoms with E-state index >= 15 is 0 Å². The van der Waals surface area contributed by atoms with E-state index in [1.54, 1.807) is 0 Å². The molecule has 0 aromatic heterocycles. The van der Waals surface area contributed by atoms with Crippen molar-refractivity contribution in [2.45, 2.75) is 39.5 Å². The lowest BCUT2D eigenvalue weighted by Crippen LogP contribution is -2.47. The van der Waals surface area contributed by atoms with Crippen LogP contribution in [0.5, 0.6) is 0 Å². The molecule has 1 aliphatic heterocycles. The zero-order chi connectivity index (χ0) is 14.5. The Hall–Kier alpha value is -0.660. The first-order valence-electron chi connectivity index (χ1n) is 6.83. The van der Waals surface area contributed by atoms with E-state index in [0.717, 1.165) is 19.3 Å². The topological polar surface area (TPSA) is 86.7 Å². The summed E-state index contributed by atoms with van der Waals surface area (Å²) in [6.07, 6.45) is 2.54. The summed E-state index contributed by atoms with van der Waals surface area (Å²) >= 11 is 0. The first kappa shape index (κ1) is 16.4. The molecule has 0 aromatic carbocycles. The van der Waals surface area contributed by atoms with Crippen LogP contribution >= 0.6 is 0 Å². The molecule has 1 aliphatic rings. The molecule has 0 radical (unpaired) electrons. The van der Waals surface area contributed by atoms with Crippen molar-refractivity contribution < 1.29 is 18.3 Å². The molecule has 1 rings (SSSR count). The zero-order valence-electron chi connectivity index (χ0n) is 11.6. The molecule has 0 aromatic rings. The number of aliphatic carboxylic acids is 1. The number of hydrogen-bond acceptors (Lipinski definition) is 3. The van der Waals surface area contributed by atoms with E-state index in [-0.39, 0.29) is 18.3 Å². The molecule has 0 saturated carbocycles. The largest absolute Gasteiger partial charge is 0.481 e. The van der Waals surface area contributed by atoms with E-state index in [9.17, 15) is 13.2 Å². The van der Waals surface area contributed by atoms with Crippen LogP contribution in [0.1, 0.15) is 39.5 Å². The van der Waals surface area contributed by atoms with Crippen LogP contribution in [0.15, 0.2) is 0 Å². The molecule has 7 heteroatoms. The molecular formula is C12H24N2O4S. The van der Waals surface area contributed by atoms with Gasteiger partial charge in [-0.3, -0.25) is 4.79 Å². The summed E-state index contributed by atoms with van der Waals surface area (Å²) in [6, 6.07) is 0. The van der Waals surface area contributed by atoms with Gasteiger partial charge in [-0.1, -0.05) is 13.8 Å². The summed E-state index contributed by atoms with van der Waals surface area (Å²) in [5.74, 6) is -0.693. The van der Waals surface area contributed by atoms with Crippen LogP contribution < -0.4 is 4.72 Å². The summed E-state index contributed by atoms with van der Waals surface area (Å²) in [7, 11) is -3.40. The highest BCUT2D eigenvalue weighted by molar-refractivity contribution is 7.87. The fraction of sp³-hybridized carbons (Fsp3) is 0.917. The van der Waals surface area contributed by atoms with Gasteiger partial charge in [0.2, 0.25) is 0 Å². The van der Waals surface area contributed by atoms with Crippen LogP contribution in [0.2, 0.25) is 0 Å². The molecule has 6 nitrogen and oxygen atoms in total. The van der Waals surface area contributed by atoms with Crippen LogP contribution in [-0.2, 0) is 15.0 Å². The highest BCUT2D eigenvalue weighted by Gasteiger charge is 2.31. The minimum atomic E-state index is -3.40. The monoisotopic (exact) mass is 292 g/mol. The van der Waals surface area contributed by atoms with E-state index in [2.05, 4.69) is 4.72 Å². The fourth-order valence-electron chi connectivity index (χ4n) is 2.42. The van der Waals surface area contributed by atoms with Crippen molar-refractivity contribution in [2.24, 2.45) is 11.8 Å². The normalized spacial score (nSPS) is 23.2. The third-order valence-corrected chi connectivity index (χ3v) is 5.18. The van der Waals surface area contributed by atoms with E-state index in [1.165, 1.54) is 4.31 Å². The van der Waals surface area contributed by atoms with Crippen molar-refractivity contribution in [3.05, 3.63) is 0 Å². The standard InChI is InChI=1S/C12H24N2O4S/c1-3-6-13-19(17,18)14-7-4-5-11(9-14)10(2)8-12(15)16/h10-11,13H,3-9H2,1-2H3,(H,15,16). The Kier molecular flexibility index (Phi) is 6.22. The number of carboxylic acid groups (broad SMARTS) is 1. The fourth-order valence-corrected chi connectivity index (χ4v) is 3.82. The van der Waals surface area contributed by atoms with Gasteiger partial charge in [0.15, 0.2) is 0 Å². The second-order valence-corrected chi connectivity index (χ2v) is 6.99. The van der Waals surface area contributed by atoms with Crippen molar-refractivity contribution in [1.29, 1.82) is 0 Å². The molecule has 112 valence electrons. The lowest BCUT2D eigenvalue weighted by atomic mass is 9.85. The molecule has 0 aliphatic carbocycles. The molecule has 2 N–H and O–H groups in total. The summed E-state index contributed by atoms with van der Waals surface area (Å²) in [6.45, 7) is 5.18. The summed E-state index contributed by atoms with van der Waals surface area (Å²) in [4.78, 5) is 10.7. The van der Waals surface area contributed by atoms with E-state index in [1.807, 2.05) is 13.8 Å². The third-order valence-electron chi connectivity index (χ3n) is 3.60. The van der Waals surface area contributed by atoms with Gasteiger partial charge in [0.1, 0.15) is 0 Å². The lowest BCUT2D eigenvalue weighted by molar-refractivity contribution is -0.138. The number of nitrogens with zero attached hydrogens (tertiary/aromatic N) is 1. The molecule has 1 saturated heterocycles. The number of nitrogens with one attached hydrogen (secondary N) is 1. The molecule has 1 heterocycles. The highest BCUT2D eigenvalue weighted by Crippen LogP contribution is 2.27. The van der Waals surface area contributed by atoms with Gasteiger partial charge in [-0.15, -0.1) is 0 Å². The summed E-state index contributed by atoms with van der Waals surface area (Å²) < 4.78 is 28.1. The maximum Gasteiger partial charge on any atom is 0.303 e. The third kappa shape index (κ3) is 5.08. The predicted molar refractivity (Wildman–Crippen MR) is 72.9 cm³/mol. The Bertz CT molecular complexity index is 397. The summed E-state index contributed by atoms with van der Waals surface area (Å²) in [5, 5.41) is 8.81. The first-order valence-corrected chi connectivity index (χ1v) is 8.27. The lowest BCUT2D eigenvalue weighted by Gasteiger charge is -2.34. The Morgan fingerprint density at radius 2 is 2.21 bits per heavy atom. The van der Waals surface area contributed by atoms with Gasteiger partial charge in [0, 0.05) is 26.1 Å². The van der Waals surface area contributed by atoms with E-state index in [4.69, 9.17) is 5.11 Å². The van der Waals surface area contributed by atoms with Gasteiger partial charge in [-0.2, -0.15) is 12.7 Å². The molecule has 2 unspecified atom stereocenters. The average Bonchev–Trinajstić information content (AvgIpc) is 2.36. The first-order chi connectivity index (χ1) is 8.86. The maximum absolute atomic E-state index is 12.0. The minimum absolute atomic E-state index is 0.00155. The average molecular weight is 292 g/mol. The van der Waals surface area contributed by atoms with Crippen LogP contribution in [0.3, 0.4) is 0 Å². The molecule has 0 spiro atoms. The quantitative estimate of drug-likeness (QED) is 0.734. The number of carboxylic acids is 1. The molecular weight excluding hydrogens is 268 g/mol. The van der Waals surface area contributed by atoms with Crippen molar-refractivity contribution in [3.8, 4) is 0 Å². The molecule has 1 fully saturated rings. The zero-order valence-corrected chi connectivity index (χ0v) is 12.4.